The molecule has 2 aromatic carbocycles. The number of hydrogen-bond acceptors (Lipinski definition) is 8. The number of rotatable bonds is 7. The van der Waals surface area contributed by atoms with Crippen LogP contribution in [0.25, 0.3) is 0 Å². The van der Waals surface area contributed by atoms with Gasteiger partial charge < -0.3 is 25.2 Å². The van der Waals surface area contributed by atoms with Crippen molar-refractivity contribution >= 4 is 23.4 Å². The maximum atomic E-state index is 5.86. The predicted octanol–water partition coefficient (Wildman–Crippen LogP) is 6.16. The third kappa shape index (κ3) is 5.71. The van der Waals surface area contributed by atoms with Gasteiger partial charge in [0.1, 0.15) is 23.2 Å². The lowest BCUT2D eigenvalue weighted by Crippen LogP contribution is -2.51. The number of aromatic nitrogens is 1. The molecule has 8 heteroatoms. The Morgan fingerprint density at radius 1 is 1.07 bits per heavy atom. The topological polar surface area (TPSA) is 68.3 Å². The average Bonchev–Trinajstić information content (AvgIpc) is 3.02. The van der Waals surface area contributed by atoms with Crippen molar-refractivity contribution in [3.63, 3.8) is 0 Å². The van der Waals surface area contributed by atoms with Gasteiger partial charge in [-0.25, -0.2) is 9.98 Å². The highest BCUT2D eigenvalue weighted by Gasteiger charge is 2.34. The first kappa shape index (κ1) is 28.8. The molecule has 4 heterocycles. The lowest BCUT2D eigenvalue weighted by atomic mass is 9.89. The Hall–Kier alpha value is -4.30. The number of aliphatic imine (C=N–C) groups is 1. The van der Waals surface area contributed by atoms with Crippen LogP contribution in [-0.4, -0.2) is 56.2 Å². The van der Waals surface area contributed by atoms with E-state index in [4.69, 9.17) is 14.7 Å². The molecular formula is C35H43N7O. The van der Waals surface area contributed by atoms with Gasteiger partial charge in [-0.3, -0.25) is 4.90 Å². The Kier molecular flexibility index (Phi) is 8.13. The van der Waals surface area contributed by atoms with E-state index in [9.17, 15) is 0 Å². The van der Waals surface area contributed by atoms with Crippen LogP contribution in [0.15, 0.2) is 83.5 Å². The largest absolute Gasteiger partial charge is 0.495 e. The summed E-state index contributed by atoms with van der Waals surface area (Å²) in [5, 5.41) is 7.22. The van der Waals surface area contributed by atoms with Gasteiger partial charge in [0.15, 0.2) is 6.29 Å². The van der Waals surface area contributed by atoms with Gasteiger partial charge in [-0.15, -0.1) is 0 Å². The van der Waals surface area contributed by atoms with Crippen LogP contribution in [0, 0.1) is 13.8 Å². The first-order valence-corrected chi connectivity index (χ1v) is 15.3. The number of ether oxygens (including phenoxy) is 1. The second-order valence-electron chi connectivity index (χ2n) is 11.8. The fraction of sp³-hybridized carbons (Fsp3) is 0.371. The highest BCUT2D eigenvalue weighted by atomic mass is 16.5. The highest BCUT2D eigenvalue weighted by Crippen LogP contribution is 2.38. The van der Waals surface area contributed by atoms with Gasteiger partial charge in [-0.05, 0) is 99.6 Å². The Morgan fingerprint density at radius 3 is 2.51 bits per heavy atom. The molecule has 1 saturated heterocycles. The predicted molar refractivity (Wildman–Crippen MR) is 177 cm³/mol. The fourth-order valence-corrected chi connectivity index (χ4v) is 6.41. The molecule has 0 spiro atoms. The highest BCUT2D eigenvalue weighted by molar-refractivity contribution is 5.87. The number of anilines is 3. The summed E-state index contributed by atoms with van der Waals surface area (Å²) in [6.07, 6.45) is 6.81. The van der Waals surface area contributed by atoms with Gasteiger partial charge in [0, 0.05) is 23.7 Å². The molecule has 1 aromatic heterocycles. The van der Waals surface area contributed by atoms with Crippen LogP contribution in [0.4, 0.5) is 17.2 Å². The van der Waals surface area contributed by atoms with Crippen LogP contribution in [0.3, 0.4) is 0 Å². The number of piperidine rings is 1. The van der Waals surface area contributed by atoms with Crippen LogP contribution in [0.5, 0.6) is 5.75 Å². The second-order valence-corrected chi connectivity index (χ2v) is 11.8. The van der Waals surface area contributed by atoms with E-state index < -0.39 is 6.29 Å². The third-order valence-electron chi connectivity index (χ3n) is 8.94. The lowest BCUT2D eigenvalue weighted by molar-refractivity contribution is 0.255. The number of pyridine rings is 1. The van der Waals surface area contributed by atoms with Crippen molar-refractivity contribution in [2.75, 3.05) is 48.9 Å². The molecule has 6 rings (SSSR count). The maximum Gasteiger partial charge on any atom is 0.195 e. The van der Waals surface area contributed by atoms with Crippen LogP contribution in [0.1, 0.15) is 47.9 Å². The number of likely N-dealkylation sites (tertiary alicyclic amines) is 1. The van der Waals surface area contributed by atoms with Crippen LogP contribution < -0.4 is 25.2 Å². The van der Waals surface area contributed by atoms with Crippen molar-refractivity contribution in [3.8, 4) is 5.75 Å². The SMILES string of the molecule is C=C1N(c2c(C)cccc2C)CC2=C(NC(Nc3ccc(C4CCN(C)CC4)cc3OC)N=C2)N1c1ccc(CC)cn1. The quantitative estimate of drug-likeness (QED) is 0.349. The van der Waals surface area contributed by atoms with E-state index in [-0.39, 0.29) is 0 Å². The standard InChI is InChI=1S/C35H43N7O/c1-7-26-11-14-32(36-20-26)42-25(4)41(33-23(2)9-8-10-24(33)3)22-29-21-37-35(39-34(29)42)38-30-13-12-28(19-31(30)43-6)27-15-17-40(5)18-16-27/h8-14,19-21,27,35,38-39H,4,7,15-18,22H2,1-3,5-6H3. The number of para-hydroxylation sites is 1. The summed E-state index contributed by atoms with van der Waals surface area (Å²) in [5.74, 6) is 3.97. The normalized spacial score (nSPS) is 19.4. The lowest BCUT2D eigenvalue weighted by Gasteiger charge is -2.44. The minimum absolute atomic E-state index is 0.390. The Bertz CT molecular complexity index is 1530. The van der Waals surface area contributed by atoms with E-state index in [1.165, 1.54) is 35.1 Å². The molecule has 8 nitrogen and oxygen atoms in total. The number of aryl methyl sites for hydroxylation is 3. The number of methoxy groups -OCH3 is 1. The van der Waals surface area contributed by atoms with Crippen LogP contribution >= 0.6 is 0 Å². The summed E-state index contributed by atoms with van der Waals surface area (Å²) in [5.41, 5.74) is 8.08. The molecule has 1 atom stereocenters. The monoisotopic (exact) mass is 577 g/mol. The van der Waals surface area contributed by atoms with Gasteiger partial charge >= 0.3 is 0 Å². The van der Waals surface area contributed by atoms with Crippen molar-refractivity contribution in [1.82, 2.24) is 15.2 Å². The smallest absolute Gasteiger partial charge is 0.195 e. The van der Waals surface area contributed by atoms with E-state index >= 15 is 0 Å². The molecule has 0 radical (unpaired) electrons. The molecular weight excluding hydrogens is 534 g/mol. The summed E-state index contributed by atoms with van der Waals surface area (Å²) in [6.45, 7) is 13.9. The first-order valence-electron chi connectivity index (χ1n) is 15.3. The fourth-order valence-electron chi connectivity index (χ4n) is 6.41. The number of hydrogen-bond donors (Lipinski definition) is 2. The molecule has 224 valence electrons. The molecule has 1 fully saturated rings. The van der Waals surface area contributed by atoms with Gasteiger partial charge in [0.25, 0.3) is 0 Å². The Labute approximate surface area is 255 Å². The van der Waals surface area contributed by atoms with E-state index in [0.29, 0.717) is 12.5 Å². The van der Waals surface area contributed by atoms with Crippen molar-refractivity contribution in [1.29, 1.82) is 0 Å². The molecule has 2 N–H and O–H groups in total. The zero-order chi connectivity index (χ0) is 30.1. The maximum absolute atomic E-state index is 5.86. The Morgan fingerprint density at radius 2 is 1.84 bits per heavy atom. The van der Waals surface area contributed by atoms with E-state index in [1.807, 2.05) is 12.4 Å². The van der Waals surface area contributed by atoms with Gasteiger partial charge in [0.05, 0.1) is 19.3 Å². The molecule has 43 heavy (non-hydrogen) atoms. The zero-order valence-corrected chi connectivity index (χ0v) is 26.0. The molecule has 0 amide bonds. The number of benzene rings is 2. The van der Waals surface area contributed by atoms with Crippen molar-refractivity contribution < 1.29 is 4.74 Å². The summed E-state index contributed by atoms with van der Waals surface area (Å²) in [7, 11) is 3.93. The van der Waals surface area contributed by atoms with Gasteiger partial charge in [-0.1, -0.05) is 43.8 Å². The summed E-state index contributed by atoms with van der Waals surface area (Å²) >= 11 is 0. The van der Waals surface area contributed by atoms with Crippen molar-refractivity contribution in [2.24, 2.45) is 4.99 Å². The minimum atomic E-state index is -0.390. The van der Waals surface area contributed by atoms with Crippen LogP contribution in [0.2, 0.25) is 0 Å². The van der Waals surface area contributed by atoms with E-state index in [1.54, 1.807) is 7.11 Å². The number of nitrogens with one attached hydrogen (secondary N) is 2. The molecule has 3 aliphatic rings. The molecule has 3 aromatic rings. The van der Waals surface area contributed by atoms with E-state index in [2.05, 4.69) is 108 Å². The summed E-state index contributed by atoms with van der Waals surface area (Å²) in [4.78, 5) is 16.5. The molecule has 1 unspecified atom stereocenters. The minimum Gasteiger partial charge on any atom is -0.495 e. The molecule has 0 saturated carbocycles. The van der Waals surface area contributed by atoms with Crippen molar-refractivity contribution in [3.05, 3.63) is 101 Å². The first-order chi connectivity index (χ1) is 20.9. The average molecular weight is 578 g/mol. The van der Waals surface area contributed by atoms with Gasteiger partial charge in [-0.2, -0.15) is 0 Å². The number of nitrogens with zero attached hydrogens (tertiary/aromatic N) is 5. The zero-order valence-electron chi connectivity index (χ0n) is 26.0. The van der Waals surface area contributed by atoms with Gasteiger partial charge in [0.2, 0.25) is 0 Å². The van der Waals surface area contributed by atoms with E-state index in [0.717, 1.165) is 59.7 Å². The third-order valence-corrected chi connectivity index (χ3v) is 8.94. The van der Waals surface area contributed by atoms with Crippen molar-refractivity contribution in [2.45, 2.75) is 52.2 Å². The molecule has 3 aliphatic heterocycles. The summed E-state index contributed by atoms with van der Waals surface area (Å²) in [6, 6.07) is 17.1. The Balaban J connectivity index is 1.29. The van der Waals surface area contributed by atoms with Crippen LogP contribution in [-0.2, 0) is 6.42 Å². The molecule has 0 bridgehead atoms. The second kappa shape index (κ2) is 12.1. The summed E-state index contributed by atoms with van der Waals surface area (Å²) < 4.78 is 5.86. The molecule has 0 aliphatic carbocycles.